The summed E-state index contributed by atoms with van der Waals surface area (Å²) < 4.78 is 0. The van der Waals surface area contributed by atoms with Gasteiger partial charge in [0.1, 0.15) is 5.82 Å². The summed E-state index contributed by atoms with van der Waals surface area (Å²) in [4.78, 5) is 11.5. The standard InChI is InChI=1S/C13H20N4/c1-9-10(2)15-13(7-14-9)16-11-5-6-17(8-11)12-3-4-12/h7,11-12H,3-6,8H2,1-2H3,(H,15,16). The molecular formula is C13H20N4. The molecule has 0 bridgehead atoms. The molecule has 1 aromatic rings. The molecule has 1 aliphatic carbocycles. The fourth-order valence-electron chi connectivity index (χ4n) is 2.50. The molecule has 1 atom stereocenters. The smallest absolute Gasteiger partial charge is 0.145 e. The van der Waals surface area contributed by atoms with E-state index >= 15 is 0 Å². The Balaban J connectivity index is 1.61. The molecule has 1 aromatic heterocycles. The molecule has 92 valence electrons. The molecule has 4 heteroatoms. The number of nitrogens with one attached hydrogen (secondary N) is 1. The van der Waals surface area contributed by atoms with Gasteiger partial charge in [0.05, 0.1) is 17.6 Å². The van der Waals surface area contributed by atoms with Gasteiger partial charge in [0.15, 0.2) is 0 Å². The van der Waals surface area contributed by atoms with Crippen LogP contribution in [-0.4, -0.2) is 40.0 Å². The van der Waals surface area contributed by atoms with E-state index < -0.39 is 0 Å². The van der Waals surface area contributed by atoms with Crippen molar-refractivity contribution in [1.29, 1.82) is 0 Å². The first-order chi connectivity index (χ1) is 8.22. The van der Waals surface area contributed by atoms with Crippen molar-refractivity contribution in [3.05, 3.63) is 17.6 Å². The van der Waals surface area contributed by atoms with Crippen molar-refractivity contribution in [2.45, 2.75) is 45.2 Å². The van der Waals surface area contributed by atoms with E-state index in [0.29, 0.717) is 6.04 Å². The van der Waals surface area contributed by atoms with Crippen LogP contribution in [0.1, 0.15) is 30.7 Å². The summed E-state index contributed by atoms with van der Waals surface area (Å²) >= 11 is 0. The van der Waals surface area contributed by atoms with E-state index in [2.05, 4.69) is 20.2 Å². The summed E-state index contributed by atoms with van der Waals surface area (Å²) in [5.74, 6) is 0.927. The molecule has 0 radical (unpaired) electrons. The van der Waals surface area contributed by atoms with Gasteiger partial charge < -0.3 is 5.32 Å². The monoisotopic (exact) mass is 232 g/mol. The second-order valence-corrected chi connectivity index (χ2v) is 5.28. The van der Waals surface area contributed by atoms with Crippen LogP contribution in [0.25, 0.3) is 0 Å². The summed E-state index contributed by atoms with van der Waals surface area (Å²) in [5.41, 5.74) is 2.04. The minimum Gasteiger partial charge on any atom is -0.365 e. The lowest BCUT2D eigenvalue weighted by atomic mass is 10.2. The molecule has 1 unspecified atom stereocenters. The van der Waals surface area contributed by atoms with Gasteiger partial charge in [-0.25, -0.2) is 4.98 Å². The molecule has 0 amide bonds. The van der Waals surface area contributed by atoms with E-state index in [-0.39, 0.29) is 0 Å². The second-order valence-electron chi connectivity index (χ2n) is 5.28. The van der Waals surface area contributed by atoms with Gasteiger partial charge in [-0.2, -0.15) is 0 Å². The zero-order chi connectivity index (χ0) is 11.8. The van der Waals surface area contributed by atoms with Crippen molar-refractivity contribution in [3.63, 3.8) is 0 Å². The van der Waals surface area contributed by atoms with Gasteiger partial charge in [-0.1, -0.05) is 0 Å². The van der Waals surface area contributed by atoms with Crippen molar-refractivity contribution >= 4 is 5.82 Å². The van der Waals surface area contributed by atoms with E-state index in [1.807, 2.05) is 20.0 Å². The predicted octanol–water partition coefficient (Wildman–Crippen LogP) is 1.74. The molecular weight excluding hydrogens is 212 g/mol. The molecule has 1 saturated carbocycles. The Hall–Kier alpha value is -1.16. The highest BCUT2D eigenvalue weighted by molar-refractivity contribution is 5.35. The molecule has 1 saturated heterocycles. The topological polar surface area (TPSA) is 41.1 Å². The third-order valence-corrected chi connectivity index (χ3v) is 3.83. The van der Waals surface area contributed by atoms with Gasteiger partial charge in [-0.15, -0.1) is 0 Å². The number of rotatable bonds is 3. The largest absolute Gasteiger partial charge is 0.365 e. The van der Waals surface area contributed by atoms with Crippen LogP contribution < -0.4 is 5.32 Å². The zero-order valence-electron chi connectivity index (χ0n) is 10.6. The average Bonchev–Trinajstić information content (AvgIpc) is 3.06. The summed E-state index contributed by atoms with van der Waals surface area (Å²) in [6.07, 6.45) is 5.87. The Morgan fingerprint density at radius 2 is 2.06 bits per heavy atom. The Labute approximate surface area is 102 Å². The van der Waals surface area contributed by atoms with Gasteiger partial charge in [0, 0.05) is 25.2 Å². The van der Waals surface area contributed by atoms with Crippen LogP contribution in [0.3, 0.4) is 0 Å². The molecule has 0 aromatic carbocycles. The van der Waals surface area contributed by atoms with E-state index in [0.717, 1.165) is 23.2 Å². The summed E-state index contributed by atoms with van der Waals surface area (Å²) in [7, 11) is 0. The minimum absolute atomic E-state index is 0.548. The lowest BCUT2D eigenvalue weighted by Gasteiger charge is -2.16. The van der Waals surface area contributed by atoms with Crippen LogP contribution in [0.4, 0.5) is 5.82 Å². The van der Waals surface area contributed by atoms with Crippen molar-refractivity contribution < 1.29 is 0 Å². The van der Waals surface area contributed by atoms with Crippen molar-refractivity contribution in [2.24, 2.45) is 0 Å². The van der Waals surface area contributed by atoms with Crippen LogP contribution in [0.15, 0.2) is 6.20 Å². The lowest BCUT2D eigenvalue weighted by molar-refractivity contribution is 0.326. The number of aryl methyl sites for hydroxylation is 2. The minimum atomic E-state index is 0.548. The van der Waals surface area contributed by atoms with Crippen LogP contribution in [0.2, 0.25) is 0 Å². The summed E-state index contributed by atoms with van der Waals surface area (Å²) in [5, 5.41) is 3.51. The first kappa shape index (κ1) is 11.0. The van der Waals surface area contributed by atoms with Crippen LogP contribution >= 0.6 is 0 Å². The number of hydrogen-bond donors (Lipinski definition) is 1. The van der Waals surface area contributed by atoms with E-state index in [4.69, 9.17) is 0 Å². The predicted molar refractivity (Wildman–Crippen MR) is 68.1 cm³/mol. The van der Waals surface area contributed by atoms with Crippen molar-refractivity contribution in [3.8, 4) is 0 Å². The van der Waals surface area contributed by atoms with Crippen LogP contribution in [0, 0.1) is 13.8 Å². The highest BCUT2D eigenvalue weighted by Crippen LogP contribution is 2.30. The average molecular weight is 232 g/mol. The van der Waals surface area contributed by atoms with Gasteiger partial charge in [-0.05, 0) is 33.1 Å². The van der Waals surface area contributed by atoms with E-state index in [1.54, 1.807) is 0 Å². The van der Waals surface area contributed by atoms with Crippen LogP contribution in [0.5, 0.6) is 0 Å². The van der Waals surface area contributed by atoms with Gasteiger partial charge in [-0.3, -0.25) is 9.88 Å². The SMILES string of the molecule is Cc1ncc(NC2CCN(C3CC3)C2)nc1C. The fourth-order valence-corrected chi connectivity index (χ4v) is 2.50. The maximum atomic E-state index is 4.53. The fraction of sp³-hybridized carbons (Fsp3) is 0.692. The number of likely N-dealkylation sites (tertiary alicyclic amines) is 1. The third-order valence-electron chi connectivity index (χ3n) is 3.83. The molecule has 0 spiro atoms. The quantitative estimate of drug-likeness (QED) is 0.862. The first-order valence-corrected chi connectivity index (χ1v) is 6.53. The highest BCUT2D eigenvalue weighted by Gasteiger charge is 2.34. The molecule has 2 fully saturated rings. The molecule has 2 heterocycles. The molecule has 17 heavy (non-hydrogen) atoms. The van der Waals surface area contributed by atoms with Gasteiger partial charge in [0.2, 0.25) is 0 Å². The maximum Gasteiger partial charge on any atom is 0.145 e. The summed E-state index contributed by atoms with van der Waals surface area (Å²) in [6, 6.07) is 1.43. The molecule has 2 aliphatic rings. The van der Waals surface area contributed by atoms with Crippen molar-refractivity contribution in [2.75, 3.05) is 18.4 Å². The molecule has 3 rings (SSSR count). The number of hydrogen-bond acceptors (Lipinski definition) is 4. The highest BCUT2D eigenvalue weighted by atomic mass is 15.2. The summed E-state index contributed by atoms with van der Waals surface area (Å²) in [6.45, 7) is 6.41. The van der Waals surface area contributed by atoms with Crippen molar-refractivity contribution in [1.82, 2.24) is 14.9 Å². The van der Waals surface area contributed by atoms with E-state index in [1.165, 1.54) is 32.4 Å². The normalized spacial score (nSPS) is 25.2. The number of anilines is 1. The van der Waals surface area contributed by atoms with Crippen LogP contribution in [-0.2, 0) is 0 Å². The maximum absolute atomic E-state index is 4.53. The second kappa shape index (κ2) is 4.26. The Kier molecular flexibility index (Phi) is 2.74. The molecule has 4 nitrogen and oxygen atoms in total. The van der Waals surface area contributed by atoms with E-state index in [9.17, 15) is 0 Å². The number of aromatic nitrogens is 2. The Morgan fingerprint density at radius 1 is 1.24 bits per heavy atom. The molecule has 1 aliphatic heterocycles. The molecule has 1 N–H and O–H groups in total. The van der Waals surface area contributed by atoms with Gasteiger partial charge in [0.25, 0.3) is 0 Å². The van der Waals surface area contributed by atoms with Gasteiger partial charge >= 0.3 is 0 Å². The number of nitrogens with zero attached hydrogens (tertiary/aromatic N) is 3. The lowest BCUT2D eigenvalue weighted by Crippen LogP contribution is -2.28. The first-order valence-electron chi connectivity index (χ1n) is 6.53. The Morgan fingerprint density at radius 3 is 2.76 bits per heavy atom. The zero-order valence-corrected chi connectivity index (χ0v) is 10.6. The Bertz CT molecular complexity index is 414. The third kappa shape index (κ3) is 2.41.